The molecule has 1 aromatic heterocycles. The number of piperidine rings is 1. The second-order valence-corrected chi connectivity index (χ2v) is 5.94. The van der Waals surface area contributed by atoms with E-state index in [0.29, 0.717) is 6.61 Å². The first-order chi connectivity index (χ1) is 11.2. The third-order valence-electron chi connectivity index (χ3n) is 4.37. The molecule has 2 heterocycles. The van der Waals surface area contributed by atoms with Crippen LogP contribution in [0.1, 0.15) is 12.8 Å². The van der Waals surface area contributed by atoms with Gasteiger partial charge < -0.3 is 19.9 Å². The second-order valence-electron chi connectivity index (χ2n) is 5.94. The van der Waals surface area contributed by atoms with Crippen molar-refractivity contribution in [2.45, 2.75) is 12.8 Å². The summed E-state index contributed by atoms with van der Waals surface area (Å²) in [7, 11) is 1.65. The molecule has 23 heavy (non-hydrogen) atoms. The van der Waals surface area contributed by atoms with Gasteiger partial charge in [-0.1, -0.05) is 6.07 Å². The molecule has 3 rings (SSSR count). The van der Waals surface area contributed by atoms with Crippen molar-refractivity contribution in [3.05, 3.63) is 43.0 Å². The molecule has 0 atom stereocenters. The molecule has 1 aliphatic heterocycles. The number of ether oxygens (including phenoxy) is 1. The number of carbonyl (C=O) groups is 1. The van der Waals surface area contributed by atoms with E-state index < -0.39 is 5.41 Å². The average Bonchev–Trinajstić information content (AvgIpc) is 3.11. The first kappa shape index (κ1) is 15.7. The van der Waals surface area contributed by atoms with Gasteiger partial charge in [-0.2, -0.15) is 0 Å². The Hall–Kier alpha value is -2.18. The maximum atomic E-state index is 12.8. The van der Waals surface area contributed by atoms with E-state index in [9.17, 15) is 4.79 Å². The molecule has 6 nitrogen and oxygen atoms in total. The normalized spacial score (nSPS) is 16.9. The van der Waals surface area contributed by atoms with Crippen molar-refractivity contribution in [3.63, 3.8) is 0 Å². The molecule has 1 aliphatic rings. The molecule has 0 radical (unpaired) electrons. The minimum Gasteiger partial charge on any atom is -0.384 e. The number of rotatable bonds is 5. The highest BCUT2D eigenvalue weighted by atomic mass is 16.5. The first-order valence-electron chi connectivity index (χ1n) is 7.83. The SMILES string of the molecule is COCC1(C(=O)Nc2cccc(-n3ccnc3)c2)CCNCC1. The average molecular weight is 314 g/mol. The molecule has 0 bridgehead atoms. The fourth-order valence-electron chi connectivity index (χ4n) is 3.04. The molecule has 6 heteroatoms. The van der Waals surface area contributed by atoms with E-state index in [2.05, 4.69) is 15.6 Å². The van der Waals surface area contributed by atoms with Crippen LogP contribution in [0.5, 0.6) is 0 Å². The van der Waals surface area contributed by atoms with Gasteiger partial charge in [-0.05, 0) is 44.1 Å². The van der Waals surface area contributed by atoms with E-state index in [0.717, 1.165) is 37.3 Å². The van der Waals surface area contributed by atoms with Crippen LogP contribution in [0.4, 0.5) is 5.69 Å². The topological polar surface area (TPSA) is 68.2 Å². The summed E-state index contributed by atoms with van der Waals surface area (Å²) < 4.78 is 7.23. The van der Waals surface area contributed by atoms with Crippen molar-refractivity contribution in [1.82, 2.24) is 14.9 Å². The summed E-state index contributed by atoms with van der Waals surface area (Å²) in [6.45, 7) is 2.12. The van der Waals surface area contributed by atoms with Crippen LogP contribution < -0.4 is 10.6 Å². The molecule has 2 aromatic rings. The molecule has 0 spiro atoms. The Labute approximate surface area is 135 Å². The fraction of sp³-hybridized carbons (Fsp3) is 0.412. The Morgan fingerprint density at radius 3 is 2.96 bits per heavy atom. The van der Waals surface area contributed by atoms with E-state index in [1.165, 1.54) is 0 Å². The summed E-state index contributed by atoms with van der Waals surface area (Å²) in [6, 6.07) is 7.75. The number of benzene rings is 1. The monoisotopic (exact) mass is 314 g/mol. The number of nitrogens with zero attached hydrogens (tertiary/aromatic N) is 2. The summed E-state index contributed by atoms with van der Waals surface area (Å²) in [6.07, 6.45) is 6.91. The third-order valence-corrected chi connectivity index (χ3v) is 4.37. The Morgan fingerprint density at radius 2 is 2.26 bits per heavy atom. The molecule has 122 valence electrons. The summed E-state index contributed by atoms with van der Waals surface area (Å²) in [5.41, 5.74) is 1.30. The number of imidazole rings is 1. The van der Waals surface area contributed by atoms with Gasteiger partial charge in [0, 0.05) is 30.9 Å². The molecule has 1 amide bonds. The Kier molecular flexibility index (Phi) is 4.73. The van der Waals surface area contributed by atoms with Crippen LogP contribution in [0, 0.1) is 5.41 Å². The van der Waals surface area contributed by atoms with E-state index in [1.807, 2.05) is 35.0 Å². The molecule has 0 saturated carbocycles. The lowest BCUT2D eigenvalue weighted by Crippen LogP contribution is -2.47. The van der Waals surface area contributed by atoms with Crippen LogP contribution in [-0.4, -0.2) is 42.3 Å². The van der Waals surface area contributed by atoms with Gasteiger partial charge in [0.05, 0.1) is 18.3 Å². The van der Waals surface area contributed by atoms with E-state index in [4.69, 9.17) is 4.74 Å². The van der Waals surface area contributed by atoms with Crippen LogP contribution >= 0.6 is 0 Å². The predicted molar refractivity (Wildman–Crippen MR) is 88.6 cm³/mol. The number of nitrogens with one attached hydrogen (secondary N) is 2. The van der Waals surface area contributed by atoms with Crippen LogP contribution in [0.2, 0.25) is 0 Å². The van der Waals surface area contributed by atoms with E-state index in [-0.39, 0.29) is 5.91 Å². The number of hydrogen-bond acceptors (Lipinski definition) is 4. The lowest BCUT2D eigenvalue weighted by atomic mass is 9.78. The zero-order chi connectivity index (χ0) is 16.1. The van der Waals surface area contributed by atoms with Gasteiger partial charge in [0.15, 0.2) is 0 Å². The number of carbonyl (C=O) groups excluding carboxylic acids is 1. The molecule has 1 aromatic carbocycles. The summed E-state index contributed by atoms with van der Waals surface area (Å²) in [4.78, 5) is 16.9. The Morgan fingerprint density at radius 1 is 1.43 bits per heavy atom. The quantitative estimate of drug-likeness (QED) is 0.883. The number of aromatic nitrogens is 2. The molecule has 0 unspecified atom stereocenters. The molecular formula is C17H22N4O2. The molecule has 0 aliphatic carbocycles. The van der Waals surface area contributed by atoms with Gasteiger partial charge in [-0.3, -0.25) is 4.79 Å². The third kappa shape index (κ3) is 3.43. The fourth-order valence-corrected chi connectivity index (χ4v) is 3.04. The number of amides is 1. The highest BCUT2D eigenvalue weighted by Crippen LogP contribution is 2.31. The summed E-state index contributed by atoms with van der Waals surface area (Å²) in [5.74, 6) is 0.0311. The van der Waals surface area contributed by atoms with E-state index >= 15 is 0 Å². The molecule has 1 fully saturated rings. The molecule has 1 saturated heterocycles. The van der Waals surface area contributed by atoms with E-state index in [1.54, 1.807) is 19.6 Å². The van der Waals surface area contributed by atoms with Crippen molar-refractivity contribution in [1.29, 1.82) is 0 Å². The highest BCUT2D eigenvalue weighted by Gasteiger charge is 2.39. The van der Waals surface area contributed by atoms with Gasteiger partial charge in [0.1, 0.15) is 0 Å². The number of methoxy groups -OCH3 is 1. The van der Waals surface area contributed by atoms with Crippen molar-refractivity contribution in [2.75, 3.05) is 32.1 Å². The van der Waals surface area contributed by atoms with Crippen LogP contribution in [-0.2, 0) is 9.53 Å². The lowest BCUT2D eigenvalue weighted by Gasteiger charge is -2.35. The standard InChI is InChI=1S/C17H22N4O2/c1-23-12-17(5-7-18-8-6-17)16(22)20-14-3-2-4-15(11-14)21-10-9-19-13-21/h2-4,9-11,13,18H,5-8,12H2,1H3,(H,20,22). The smallest absolute Gasteiger partial charge is 0.233 e. The Bertz CT molecular complexity index is 643. The van der Waals surface area contributed by atoms with Crippen molar-refractivity contribution >= 4 is 11.6 Å². The second kappa shape index (κ2) is 6.93. The maximum Gasteiger partial charge on any atom is 0.233 e. The van der Waals surface area contributed by atoms with Crippen molar-refractivity contribution in [2.24, 2.45) is 5.41 Å². The van der Waals surface area contributed by atoms with Crippen LogP contribution in [0.3, 0.4) is 0 Å². The zero-order valence-electron chi connectivity index (χ0n) is 13.3. The minimum atomic E-state index is -0.453. The summed E-state index contributed by atoms with van der Waals surface area (Å²) >= 11 is 0. The predicted octanol–water partition coefficient (Wildman–Crippen LogP) is 1.83. The van der Waals surface area contributed by atoms with Crippen LogP contribution in [0.15, 0.2) is 43.0 Å². The van der Waals surface area contributed by atoms with Gasteiger partial charge in [-0.25, -0.2) is 4.98 Å². The lowest BCUT2D eigenvalue weighted by molar-refractivity contribution is -0.130. The minimum absolute atomic E-state index is 0.0311. The number of hydrogen-bond donors (Lipinski definition) is 2. The van der Waals surface area contributed by atoms with Gasteiger partial charge in [-0.15, -0.1) is 0 Å². The van der Waals surface area contributed by atoms with Gasteiger partial charge >= 0.3 is 0 Å². The molecule has 2 N–H and O–H groups in total. The number of anilines is 1. The Balaban J connectivity index is 1.77. The van der Waals surface area contributed by atoms with Crippen molar-refractivity contribution < 1.29 is 9.53 Å². The molecular weight excluding hydrogens is 292 g/mol. The maximum absolute atomic E-state index is 12.8. The van der Waals surface area contributed by atoms with Crippen LogP contribution in [0.25, 0.3) is 5.69 Å². The first-order valence-corrected chi connectivity index (χ1v) is 7.83. The van der Waals surface area contributed by atoms with Crippen molar-refractivity contribution in [3.8, 4) is 5.69 Å². The van der Waals surface area contributed by atoms with Gasteiger partial charge in [0.25, 0.3) is 0 Å². The van der Waals surface area contributed by atoms with Gasteiger partial charge in [0.2, 0.25) is 5.91 Å². The highest BCUT2D eigenvalue weighted by molar-refractivity contribution is 5.95. The zero-order valence-corrected chi connectivity index (χ0v) is 13.3. The summed E-state index contributed by atoms with van der Waals surface area (Å²) in [5, 5.41) is 6.36. The largest absolute Gasteiger partial charge is 0.384 e.